The van der Waals surface area contributed by atoms with E-state index in [4.69, 9.17) is 9.47 Å². The normalized spacial score (nSPS) is 15.6. The molecule has 1 heterocycles. The number of hydrogen-bond acceptors (Lipinski definition) is 2. The van der Waals surface area contributed by atoms with Crippen LogP contribution in [0, 0.1) is 0 Å². The van der Waals surface area contributed by atoms with Crippen LogP contribution in [-0.2, 0) is 9.47 Å². The zero-order valence-electron chi connectivity index (χ0n) is 16.3. The molecule has 2 nitrogen and oxygen atoms in total. The lowest BCUT2D eigenvalue weighted by atomic mass is 9.87. The van der Waals surface area contributed by atoms with E-state index >= 15 is 0 Å². The molecule has 1 atom stereocenters. The Hall–Kier alpha value is -2.22. The van der Waals surface area contributed by atoms with Crippen molar-refractivity contribution in [3.8, 4) is 0 Å². The van der Waals surface area contributed by atoms with Gasteiger partial charge in [0.05, 0.1) is 7.11 Å². The Morgan fingerprint density at radius 1 is 1.04 bits per heavy atom. The van der Waals surface area contributed by atoms with Crippen LogP contribution in [0.3, 0.4) is 0 Å². The highest BCUT2D eigenvalue weighted by molar-refractivity contribution is 5.86. The lowest BCUT2D eigenvalue weighted by Gasteiger charge is -2.25. The summed E-state index contributed by atoms with van der Waals surface area (Å²) in [6.45, 7) is 4.49. The maximum Gasteiger partial charge on any atom is 0.284 e. The van der Waals surface area contributed by atoms with Crippen molar-refractivity contribution in [2.45, 2.75) is 58.3 Å². The van der Waals surface area contributed by atoms with Gasteiger partial charge in [-0.2, -0.15) is 0 Å². The highest BCUT2D eigenvalue weighted by Crippen LogP contribution is 2.37. The summed E-state index contributed by atoms with van der Waals surface area (Å²) in [4.78, 5) is 0. The molecule has 0 radical (unpaired) electrons. The van der Waals surface area contributed by atoms with Crippen LogP contribution in [0.4, 0.5) is 0 Å². The molecule has 0 spiro atoms. The Labute approximate surface area is 157 Å². The summed E-state index contributed by atoms with van der Waals surface area (Å²) in [5.74, 6) is 2.01. The molecule has 0 fully saturated rings. The lowest BCUT2D eigenvalue weighted by Crippen LogP contribution is -2.11. The van der Waals surface area contributed by atoms with E-state index in [-0.39, 0.29) is 5.92 Å². The predicted octanol–water partition coefficient (Wildman–Crippen LogP) is 7.08. The number of benzene rings is 2. The summed E-state index contributed by atoms with van der Waals surface area (Å²) < 4.78 is 11.7. The summed E-state index contributed by atoms with van der Waals surface area (Å²) in [6.07, 6.45) is 9.15. The Morgan fingerprint density at radius 3 is 2.65 bits per heavy atom. The molecule has 26 heavy (non-hydrogen) atoms. The minimum absolute atomic E-state index is 0.258. The number of methoxy groups -OCH3 is 1. The molecule has 1 aliphatic rings. The van der Waals surface area contributed by atoms with E-state index in [0.29, 0.717) is 5.95 Å². The molecule has 1 unspecified atom stereocenters. The third-order valence-electron chi connectivity index (χ3n) is 5.31. The predicted molar refractivity (Wildman–Crippen MR) is 109 cm³/mol. The fraction of sp³-hybridized carbons (Fsp3) is 0.417. The molecule has 0 amide bonds. The van der Waals surface area contributed by atoms with Gasteiger partial charge in [-0.15, -0.1) is 0 Å². The minimum Gasteiger partial charge on any atom is -0.468 e. The van der Waals surface area contributed by atoms with Crippen LogP contribution in [0.15, 0.2) is 65.8 Å². The van der Waals surface area contributed by atoms with E-state index in [1.807, 2.05) is 0 Å². The first-order chi connectivity index (χ1) is 12.7. The van der Waals surface area contributed by atoms with Gasteiger partial charge in [0.2, 0.25) is 0 Å². The molecule has 1 aliphatic heterocycles. The Balaban J connectivity index is 1.78. The monoisotopic (exact) mass is 350 g/mol. The fourth-order valence-electron chi connectivity index (χ4n) is 3.75. The summed E-state index contributed by atoms with van der Waals surface area (Å²) in [5.41, 5.74) is 2.55. The molecular weight excluding hydrogens is 320 g/mol. The highest BCUT2D eigenvalue weighted by Gasteiger charge is 2.23. The van der Waals surface area contributed by atoms with Gasteiger partial charge in [0, 0.05) is 17.9 Å². The van der Waals surface area contributed by atoms with Gasteiger partial charge in [0.15, 0.2) is 0 Å². The summed E-state index contributed by atoms with van der Waals surface area (Å²) in [5, 5.41) is 2.58. The van der Waals surface area contributed by atoms with Crippen LogP contribution in [0.25, 0.3) is 10.8 Å². The zero-order valence-corrected chi connectivity index (χ0v) is 16.3. The van der Waals surface area contributed by atoms with Gasteiger partial charge in [-0.3, -0.25) is 0 Å². The molecule has 2 aromatic carbocycles. The van der Waals surface area contributed by atoms with Gasteiger partial charge in [-0.1, -0.05) is 75.6 Å². The second kappa shape index (κ2) is 8.93. The van der Waals surface area contributed by atoms with Gasteiger partial charge < -0.3 is 9.47 Å². The third-order valence-corrected chi connectivity index (χ3v) is 5.31. The highest BCUT2D eigenvalue weighted by atomic mass is 16.7. The van der Waals surface area contributed by atoms with Crippen molar-refractivity contribution in [3.05, 3.63) is 71.4 Å². The summed E-state index contributed by atoms with van der Waals surface area (Å²) in [7, 11) is 1.71. The molecule has 138 valence electrons. The average molecular weight is 351 g/mol. The van der Waals surface area contributed by atoms with E-state index in [2.05, 4.69) is 62.4 Å². The topological polar surface area (TPSA) is 18.5 Å². The first kappa shape index (κ1) is 18.6. The Kier molecular flexibility index (Phi) is 6.38. The van der Waals surface area contributed by atoms with Crippen LogP contribution in [0.5, 0.6) is 0 Å². The van der Waals surface area contributed by atoms with Gasteiger partial charge in [0.1, 0.15) is 5.76 Å². The van der Waals surface area contributed by atoms with E-state index < -0.39 is 0 Å². The number of hydrogen-bond donors (Lipinski definition) is 0. The Bertz CT molecular complexity index is 795. The van der Waals surface area contributed by atoms with Crippen molar-refractivity contribution in [2.75, 3.05) is 7.11 Å². The average Bonchev–Trinajstić information content (AvgIpc) is 2.70. The zero-order chi connectivity index (χ0) is 18.4. The summed E-state index contributed by atoms with van der Waals surface area (Å²) >= 11 is 0. The van der Waals surface area contributed by atoms with Gasteiger partial charge in [-0.05, 0) is 35.3 Å². The largest absolute Gasteiger partial charge is 0.468 e. The molecule has 0 N–H and O–H groups in total. The fourth-order valence-corrected chi connectivity index (χ4v) is 3.75. The minimum atomic E-state index is 0.258. The van der Waals surface area contributed by atoms with E-state index in [1.165, 1.54) is 47.6 Å². The summed E-state index contributed by atoms with van der Waals surface area (Å²) in [6, 6.07) is 15.1. The molecule has 0 bridgehead atoms. The van der Waals surface area contributed by atoms with E-state index in [0.717, 1.165) is 18.6 Å². The third kappa shape index (κ3) is 4.12. The molecule has 0 saturated carbocycles. The molecule has 0 aromatic heterocycles. The van der Waals surface area contributed by atoms with Crippen molar-refractivity contribution in [3.63, 3.8) is 0 Å². The molecule has 2 aromatic rings. The van der Waals surface area contributed by atoms with Gasteiger partial charge in [-0.25, -0.2) is 0 Å². The number of allylic oxidation sites excluding steroid dienone is 3. The van der Waals surface area contributed by atoms with Crippen molar-refractivity contribution < 1.29 is 9.47 Å². The second-order valence-corrected chi connectivity index (χ2v) is 7.09. The van der Waals surface area contributed by atoms with Crippen LogP contribution in [0.1, 0.15) is 63.9 Å². The number of unbranched alkanes of at least 4 members (excludes halogenated alkanes) is 3. The van der Waals surface area contributed by atoms with E-state index in [1.54, 1.807) is 7.11 Å². The maximum absolute atomic E-state index is 6.10. The van der Waals surface area contributed by atoms with Crippen molar-refractivity contribution >= 4 is 10.8 Å². The van der Waals surface area contributed by atoms with Crippen molar-refractivity contribution in [1.29, 1.82) is 0 Å². The SMILES string of the molecule is CCCCCCC1=CCC(C(C)c2cccc3ccccc23)=C(OC)O1. The molecular formula is C24H30O2. The number of rotatable bonds is 8. The number of fused-ring (bicyclic) bond motifs is 1. The van der Waals surface area contributed by atoms with Crippen molar-refractivity contribution in [1.82, 2.24) is 0 Å². The second-order valence-electron chi connectivity index (χ2n) is 7.09. The quantitative estimate of drug-likeness (QED) is 0.474. The standard InChI is InChI=1S/C24H30O2/c1-4-5-6-7-13-20-16-17-22(24(25-3)26-20)18(2)21-15-10-12-19-11-8-9-14-23(19)21/h8-12,14-16,18H,4-7,13,17H2,1-3H3. The van der Waals surface area contributed by atoms with Crippen LogP contribution in [-0.4, -0.2) is 7.11 Å². The van der Waals surface area contributed by atoms with Gasteiger partial charge in [0.25, 0.3) is 5.95 Å². The molecule has 0 aliphatic carbocycles. The lowest BCUT2D eigenvalue weighted by molar-refractivity contribution is 0.0869. The van der Waals surface area contributed by atoms with Crippen LogP contribution < -0.4 is 0 Å². The van der Waals surface area contributed by atoms with E-state index in [9.17, 15) is 0 Å². The first-order valence-electron chi connectivity index (χ1n) is 9.86. The first-order valence-corrected chi connectivity index (χ1v) is 9.86. The molecule has 3 rings (SSSR count). The maximum atomic E-state index is 6.10. The molecule has 2 heteroatoms. The Morgan fingerprint density at radius 2 is 1.85 bits per heavy atom. The van der Waals surface area contributed by atoms with Gasteiger partial charge >= 0.3 is 0 Å². The molecule has 0 saturated heterocycles. The smallest absolute Gasteiger partial charge is 0.284 e. The van der Waals surface area contributed by atoms with Crippen LogP contribution in [0.2, 0.25) is 0 Å². The van der Waals surface area contributed by atoms with Crippen LogP contribution >= 0.6 is 0 Å². The van der Waals surface area contributed by atoms with Crippen molar-refractivity contribution in [2.24, 2.45) is 0 Å². The number of ether oxygens (including phenoxy) is 2.